The minimum Gasteiger partial charge on any atom is -0.335 e. The summed E-state index contributed by atoms with van der Waals surface area (Å²) in [6.07, 6.45) is 1.18. The molecule has 0 N–H and O–H groups in total. The Morgan fingerprint density at radius 1 is 1.00 bits per heavy atom. The minimum atomic E-state index is -3.21. The number of amides is 1. The largest absolute Gasteiger partial charge is 0.335 e. The molecule has 0 fully saturated rings. The van der Waals surface area contributed by atoms with E-state index in [0.29, 0.717) is 5.56 Å². The fourth-order valence-electron chi connectivity index (χ4n) is 2.69. The summed E-state index contributed by atoms with van der Waals surface area (Å²) in [5.41, 5.74) is 3.66. The van der Waals surface area contributed by atoms with Crippen LogP contribution in [0.3, 0.4) is 0 Å². The van der Waals surface area contributed by atoms with Crippen LogP contribution in [-0.4, -0.2) is 32.5 Å². The molecule has 4 nitrogen and oxygen atoms in total. The Morgan fingerprint density at radius 2 is 1.50 bits per heavy atom. The Bertz CT molecular complexity index is 834. The first-order valence-corrected chi connectivity index (χ1v) is 9.64. The van der Waals surface area contributed by atoms with Crippen molar-refractivity contribution in [2.75, 3.05) is 13.3 Å². The number of carbonyl (C=O) groups is 1. The summed E-state index contributed by atoms with van der Waals surface area (Å²) < 4.78 is 23.1. The van der Waals surface area contributed by atoms with Crippen molar-refractivity contribution in [3.05, 3.63) is 64.7 Å². The Hall–Kier alpha value is -2.14. The van der Waals surface area contributed by atoms with Gasteiger partial charge in [-0.25, -0.2) is 8.42 Å². The molecule has 5 heteroatoms. The van der Waals surface area contributed by atoms with E-state index in [4.69, 9.17) is 0 Å². The minimum absolute atomic E-state index is 0.0542. The van der Waals surface area contributed by atoms with E-state index >= 15 is 0 Å². The van der Waals surface area contributed by atoms with Crippen molar-refractivity contribution in [2.24, 2.45) is 0 Å². The van der Waals surface area contributed by atoms with Gasteiger partial charge in [-0.05, 0) is 50.6 Å². The lowest BCUT2D eigenvalue weighted by Crippen LogP contribution is -2.29. The van der Waals surface area contributed by atoms with Crippen molar-refractivity contribution in [3.8, 4) is 0 Å². The van der Waals surface area contributed by atoms with Crippen LogP contribution in [0.4, 0.5) is 0 Å². The molecule has 0 heterocycles. The molecule has 0 saturated carbocycles. The summed E-state index contributed by atoms with van der Waals surface area (Å²) in [5.74, 6) is -0.0542. The highest BCUT2D eigenvalue weighted by Crippen LogP contribution is 2.23. The predicted molar refractivity (Wildman–Crippen MR) is 96.0 cm³/mol. The quantitative estimate of drug-likeness (QED) is 0.852. The highest BCUT2D eigenvalue weighted by molar-refractivity contribution is 7.90. The van der Waals surface area contributed by atoms with Gasteiger partial charge in [-0.3, -0.25) is 4.79 Å². The van der Waals surface area contributed by atoms with Crippen LogP contribution in [0.15, 0.2) is 47.4 Å². The summed E-state index contributed by atoms with van der Waals surface area (Å²) in [4.78, 5) is 14.7. The first-order valence-electron chi connectivity index (χ1n) is 7.75. The van der Waals surface area contributed by atoms with Gasteiger partial charge in [0.05, 0.1) is 10.9 Å². The van der Waals surface area contributed by atoms with Crippen LogP contribution < -0.4 is 0 Å². The average molecular weight is 345 g/mol. The topological polar surface area (TPSA) is 54.5 Å². The second-order valence-electron chi connectivity index (χ2n) is 6.31. The first-order chi connectivity index (χ1) is 11.1. The van der Waals surface area contributed by atoms with Gasteiger partial charge in [0.1, 0.15) is 0 Å². The van der Waals surface area contributed by atoms with Crippen molar-refractivity contribution in [1.29, 1.82) is 0 Å². The number of hydrogen-bond donors (Lipinski definition) is 0. The van der Waals surface area contributed by atoms with Crippen molar-refractivity contribution in [2.45, 2.75) is 31.7 Å². The van der Waals surface area contributed by atoms with Gasteiger partial charge < -0.3 is 4.90 Å². The van der Waals surface area contributed by atoms with Crippen molar-refractivity contribution >= 4 is 15.7 Å². The number of carbonyl (C=O) groups excluding carboxylic acids is 1. The van der Waals surface area contributed by atoms with Gasteiger partial charge >= 0.3 is 0 Å². The van der Waals surface area contributed by atoms with Crippen molar-refractivity contribution < 1.29 is 13.2 Å². The van der Waals surface area contributed by atoms with Crippen LogP contribution in [0.25, 0.3) is 0 Å². The maximum absolute atomic E-state index is 12.7. The first kappa shape index (κ1) is 18.2. The molecular formula is C19H23NO3S. The number of benzene rings is 2. The third-order valence-electron chi connectivity index (χ3n) is 4.16. The fraction of sp³-hybridized carbons (Fsp3) is 0.316. The van der Waals surface area contributed by atoms with Crippen LogP contribution in [0.5, 0.6) is 0 Å². The Kier molecular flexibility index (Phi) is 5.13. The van der Waals surface area contributed by atoms with Gasteiger partial charge in [0, 0.05) is 18.9 Å². The second kappa shape index (κ2) is 6.77. The maximum Gasteiger partial charge on any atom is 0.254 e. The smallest absolute Gasteiger partial charge is 0.254 e. The van der Waals surface area contributed by atoms with Crippen LogP contribution >= 0.6 is 0 Å². The molecule has 1 atom stereocenters. The monoisotopic (exact) mass is 345 g/mol. The molecular weight excluding hydrogens is 322 g/mol. The number of rotatable bonds is 4. The lowest BCUT2D eigenvalue weighted by molar-refractivity contribution is 0.0742. The highest BCUT2D eigenvalue weighted by Gasteiger charge is 2.20. The maximum atomic E-state index is 12.7. The summed E-state index contributed by atoms with van der Waals surface area (Å²) in [7, 11) is -1.46. The molecule has 0 spiro atoms. The zero-order valence-corrected chi connectivity index (χ0v) is 15.5. The van der Waals surface area contributed by atoms with Gasteiger partial charge in [-0.1, -0.05) is 29.3 Å². The number of nitrogens with zero attached hydrogens (tertiary/aromatic N) is 1. The lowest BCUT2D eigenvalue weighted by Gasteiger charge is -2.26. The molecule has 0 aromatic heterocycles. The Labute approximate surface area is 144 Å². The number of sulfone groups is 1. The zero-order valence-electron chi connectivity index (χ0n) is 14.7. The van der Waals surface area contributed by atoms with E-state index in [9.17, 15) is 13.2 Å². The highest BCUT2D eigenvalue weighted by atomic mass is 32.2. The van der Waals surface area contributed by atoms with Gasteiger partial charge in [0.25, 0.3) is 5.91 Å². The van der Waals surface area contributed by atoms with E-state index in [1.807, 2.05) is 39.0 Å². The van der Waals surface area contributed by atoms with Crippen molar-refractivity contribution in [3.63, 3.8) is 0 Å². The molecule has 0 aliphatic carbocycles. The lowest BCUT2D eigenvalue weighted by atomic mass is 10.0. The van der Waals surface area contributed by atoms with Gasteiger partial charge in [-0.15, -0.1) is 0 Å². The van der Waals surface area contributed by atoms with Gasteiger partial charge in [-0.2, -0.15) is 0 Å². The van der Waals surface area contributed by atoms with Crippen molar-refractivity contribution in [1.82, 2.24) is 4.90 Å². The predicted octanol–water partition coefficient (Wildman–Crippen LogP) is 3.54. The summed E-state index contributed by atoms with van der Waals surface area (Å²) >= 11 is 0. The normalized spacial score (nSPS) is 12.7. The van der Waals surface area contributed by atoms with E-state index in [2.05, 4.69) is 0 Å². The van der Waals surface area contributed by atoms with Gasteiger partial charge in [0.15, 0.2) is 9.84 Å². The van der Waals surface area contributed by atoms with Crippen LogP contribution in [0, 0.1) is 13.8 Å². The molecule has 128 valence electrons. The number of aryl methyl sites for hydroxylation is 2. The molecule has 2 rings (SSSR count). The van der Waals surface area contributed by atoms with Crippen LogP contribution in [0.2, 0.25) is 0 Å². The van der Waals surface area contributed by atoms with E-state index in [0.717, 1.165) is 16.7 Å². The third-order valence-corrected chi connectivity index (χ3v) is 5.29. The van der Waals surface area contributed by atoms with E-state index in [-0.39, 0.29) is 16.8 Å². The fourth-order valence-corrected chi connectivity index (χ4v) is 3.33. The number of hydrogen-bond acceptors (Lipinski definition) is 3. The second-order valence-corrected chi connectivity index (χ2v) is 8.33. The standard InChI is InChI=1S/C19H23NO3S/c1-13-10-14(2)12-17(11-13)19(21)20(4)15(3)16-6-8-18(9-7-16)24(5,22)23/h6-12,15H,1-5H3. The molecule has 0 aliphatic heterocycles. The molecule has 0 aliphatic rings. The molecule has 1 unspecified atom stereocenters. The Morgan fingerprint density at radius 3 is 1.96 bits per heavy atom. The van der Waals surface area contributed by atoms with E-state index in [1.54, 1.807) is 36.2 Å². The summed E-state index contributed by atoms with van der Waals surface area (Å²) in [5, 5.41) is 0. The molecule has 0 saturated heterocycles. The summed E-state index contributed by atoms with van der Waals surface area (Å²) in [6, 6.07) is 12.3. The van der Waals surface area contributed by atoms with Crippen LogP contribution in [0.1, 0.15) is 40.0 Å². The third kappa shape index (κ3) is 4.03. The average Bonchev–Trinajstić information content (AvgIpc) is 2.51. The van der Waals surface area contributed by atoms with E-state index in [1.165, 1.54) is 6.26 Å². The molecule has 2 aromatic carbocycles. The van der Waals surface area contributed by atoms with E-state index < -0.39 is 9.84 Å². The summed E-state index contributed by atoms with van der Waals surface area (Å²) in [6.45, 7) is 5.87. The molecule has 0 radical (unpaired) electrons. The SMILES string of the molecule is Cc1cc(C)cc(C(=O)N(C)C(C)c2ccc(S(C)(=O)=O)cc2)c1. The van der Waals surface area contributed by atoms with Gasteiger partial charge in [0.2, 0.25) is 0 Å². The molecule has 1 amide bonds. The molecule has 0 bridgehead atoms. The molecule has 2 aromatic rings. The van der Waals surface area contributed by atoms with Crippen LogP contribution in [-0.2, 0) is 9.84 Å². The Balaban J connectivity index is 2.25. The zero-order chi connectivity index (χ0) is 18.1. The molecule has 24 heavy (non-hydrogen) atoms.